The van der Waals surface area contributed by atoms with Crippen molar-refractivity contribution in [2.45, 2.75) is 46.2 Å². The molecular weight excluding hydrogens is 216 g/mol. The van der Waals surface area contributed by atoms with E-state index in [0.29, 0.717) is 17.5 Å². The summed E-state index contributed by atoms with van der Waals surface area (Å²) >= 11 is 1.95. The molecule has 1 heterocycles. The predicted octanol–water partition coefficient (Wildman–Crippen LogP) is 2.45. The molecule has 16 heavy (non-hydrogen) atoms. The van der Waals surface area contributed by atoms with E-state index in [4.69, 9.17) is 0 Å². The Kier molecular flexibility index (Phi) is 5.62. The topological polar surface area (TPSA) is 15.3 Å². The Labute approximate surface area is 106 Å². The van der Waals surface area contributed by atoms with Crippen molar-refractivity contribution in [2.75, 3.05) is 31.6 Å². The highest BCUT2D eigenvalue weighted by Gasteiger charge is 2.34. The van der Waals surface area contributed by atoms with Crippen LogP contribution in [0.2, 0.25) is 0 Å². The van der Waals surface area contributed by atoms with Gasteiger partial charge in [0.25, 0.3) is 0 Å². The van der Waals surface area contributed by atoms with Gasteiger partial charge in [0.1, 0.15) is 0 Å². The van der Waals surface area contributed by atoms with Crippen LogP contribution in [0.15, 0.2) is 0 Å². The van der Waals surface area contributed by atoms with Crippen LogP contribution in [0.5, 0.6) is 0 Å². The van der Waals surface area contributed by atoms with E-state index in [-0.39, 0.29) is 0 Å². The fraction of sp³-hybridized carbons (Fsp3) is 1.00. The molecule has 96 valence electrons. The van der Waals surface area contributed by atoms with Crippen molar-refractivity contribution >= 4 is 11.8 Å². The first-order valence-electron chi connectivity index (χ1n) is 6.45. The number of rotatable bonds is 4. The van der Waals surface area contributed by atoms with Gasteiger partial charge in [0.05, 0.1) is 0 Å². The molecule has 2 atom stereocenters. The summed E-state index contributed by atoms with van der Waals surface area (Å²) in [5.74, 6) is 1.25. The molecule has 0 aromatic heterocycles. The maximum atomic E-state index is 3.68. The van der Waals surface area contributed by atoms with E-state index in [0.717, 1.165) is 6.54 Å². The van der Waals surface area contributed by atoms with E-state index >= 15 is 0 Å². The van der Waals surface area contributed by atoms with Crippen LogP contribution in [0.25, 0.3) is 0 Å². The Morgan fingerprint density at radius 2 is 2.06 bits per heavy atom. The minimum absolute atomic E-state index is 0.379. The zero-order valence-corrected chi connectivity index (χ0v) is 12.4. The van der Waals surface area contributed by atoms with E-state index in [1.54, 1.807) is 0 Å². The molecule has 1 rings (SSSR count). The van der Waals surface area contributed by atoms with Gasteiger partial charge in [-0.15, -0.1) is 0 Å². The van der Waals surface area contributed by atoms with Crippen molar-refractivity contribution in [1.82, 2.24) is 10.2 Å². The van der Waals surface area contributed by atoms with Crippen LogP contribution in [-0.4, -0.2) is 48.6 Å². The number of thioether (sulfide) groups is 1. The molecule has 0 aromatic rings. The maximum Gasteiger partial charge on any atom is 0.0270 e. The first-order valence-corrected chi connectivity index (χ1v) is 7.84. The molecule has 1 N–H and O–H groups in total. The summed E-state index contributed by atoms with van der Waals surface area (Å²) < 4.78 is 0. The van der Waals surface area contributed by atoms with Gasteiger partial charge in [0.2, 0.25) is 0 Å². The van der Waals surface area contributed by atoms with E-state index in [2.05, 4.69) is 44.2 Å². The van der Waals surface area contributed by atoms with Gasteiger partial charge in [-0.1, -0.05) is 27.7 Å². The van der Waals surface area contributed by atoms with Gasteiger partial charge < -0.3 is 5.32 Å². The molecule has 0 amide bonds. The zero-order chi connectivity index (χ0) is 12.2. The number of nitrogens with zero attached hydrogens (tertiary/aromatic N) is 1. The molecule has 1 aliphatic rings. The quantitative estimate of drug-likeness (QED) is 0.818. The second-order valence-electron chi connectivity index (χ2n) is 5.88. The van der Waals surface area contributed by atoms with E-state index in [1.807, 2.05) is 11.8 Å². The Morgan fingerprint density at radius 3 is 2.56 bits per heavy atom. The predicted molar refractivity (Wildman–Crippen MR) is 75.3 cm³/mol. The van der Waals surface area contributed by atoms with Gasteiger partial charge in [-0.3, -0.25) is 4.90 Å². The molecule has 1 aliphatic heterocycles. The molecule has 2 unspecified atom stereocenters. The fourth-order valence-electron chi connectivity index (χ4n) is 2.47. The van der Waals surface area contributed by atoms with Crippen molar-refractivity contribution in [3.05, 3.63) is 0 Å². The SMILES string of the molecule is CCC1CN(CCSC)C(C(C)(C)C)CN1. The molecule has 0 bridgehead atoms. The minimum Gasteiger partial charge on any atom is -0.311 e. The van der Waals surface area contributed by atoms with Gasteiger partial charge in [0.15, 0.2) is 0 Å². The first-order chi connectivity index (χ1) is 7.49. The average molecular weight is 244 g/mol. The zero-order valence-electron chi connectivity index (χ0n) is 11.5. The number of hydrogen-bond donors (Lipinski definition) is 1. The minimum atomic E-state index is 0.379. The largest absolute Gasteiger partial charge is 0.311 e. The third-order valence-corrected chi connectivity index (χ3v) is 4.16. The van der Waals surface area contributed by atoms with Gasteiger partial charge in [0, 0.05) is 37.5 Å². The van der Waals surface area contributed by atoms with Gasteiger partial charge >= 0.3 is 0 Å². The van der Waals surface area contributed by atoms with Crippen LogP contribution in [0, 0.1) is 5.41 Å². The average Bonchev–Trinajstić information content (AvgIpc) is 2.24. The lowest BCUT2D eigenvalue weighted by molar-refractivity contribution is 0.0606. The monoisotopic (exact) mass is 244 g/mol. The van der Waals surface area contributed by atoms with Gasteiger partial charge in [-0.05, 0) is 18.1 Å². The Bertz CT molecular complexity index is 201. The maximum absolute atomic E-state index is 3.68. The summed E-state index contributed by atoms with van der Waals surface area (Å²) in [7, 11) is 0. The lowest BCUT2D eigenvalue weighted by atomic mass is 9.83. The highest BCUT2D eigenvalue weighted by molar-refractivity contribution is 7.98. The van der Waals surface area contributed by atoms with E-state index in [1.165, 1.54) is 25.3 Å². The molecule has 1 saturated heterocycles. The van der Waals surface area contributed by atoms with E-state index < -0.39 is 0 Å². The second-order valence-corrected chi connectivity index (χ2v) is 6.87. The fourth-order valence-corrected chi connectivity index (χ4v) is 2.88. The lowest BCUT2D eigenvalue weighted by Crippen LogP contribution is -2.60. The van der Waals surface area contributed by atoms with Crippen molar-refractivity contribution in [2.24, 2.45) is 5.41 Å². The van der Waals surface area contributed by atoms with Crippen LogP contribution < -0.4 is 5.32 Å². The van der Waals surface area contributed by atoms with Gasteiger partial charge in [-0.25, -0.2) is 0 Å². The second kappa shape index (κ2) is 6.27. The number of hydrogen-bond acceptors (Lipinski definition) is 3. The Morgan fingerprint density at radius 1 is 1.38 bits per heavy atom. The number of piperazine rings is 1. The van der Waals surface area contributed by atoms with Crippen LogP contribution in [0.1, 0.15) is 34.1 Å². The third kappa shape index (κ3) is 3.94. The van der Waals surface area contributed by atoms with E-state index in [9.17, 15) is 0 Å². The van der Waals surface area contributed by atoms with Crippen molar-refractivity contribution in [3.63, 3.8) is 0 Å². The summed E-state index contributed by atoms with van der Waals surface area (Å²) in [5, 5.41) is 3.68. The molecule has 3 heteroatoms. The normalized spacial score (nSPS) is 28.3. The summed E-state index contributed by atoms with van der Waals surface area (Å²) in [6.07, 6.45) is 3.44. The summed E-state index contributed by atoms with van der Waals surface area (Å²) in [6.45, 7) is 13.0. The van der Waals surface area contributed by atoms with Crippen LogP contribution in [0.3, 0.4) is 0 Å². The van der Waals surface area contributed by atoms with Gasteiger partial charge in [-0.2, -0.15) is 11.8 Å². The Balaban J connectivity index is 2.60. The third-order valence-electron chi connectivity index (χ3n) is 3.57. The van der Waals surface area contributed by atoms with Crippen molar-refractivity contribution in [3.8, 4) is 0 Å². The molecule has 0 aliphatic carbocycles. The molecule has 2 nitrogen and oxygen atoms in total. The molecule has 1 fully saturated rings. The summed E-state index contributed by atoms with van der Waals surface area (Å²) in [4.78, 5) is 2.70. The summed E-state index contributed by atoms with van der Waals surface area (Å²) in [6, 6.07) is 1.38. The smallest absolute Gasteiger partial charge is 0.0270 e. The molecule has 0 aromatic carbocycles. The molecule has 0 saturated carbocycles. The van der Waals surface area contributed by atoms with Crippen LogP contribution >= 0.6 is 11.8 Å². The van der Waals surface area contributed by atoms with Crippen molar-refractivity contribution < 1.29 is 0 Å². The summed E-state index contributed by atoms with van der Waals surface area (Å²) in [5.41, 5.74) is 0.379. The number of nitrogens with one attached hydrogen (secondary N) is 1. The Hall–Kier alpha value is 0.270. The van der Waals surface area contributed by atoms with Crippen LogP contribution in [-0.2, 0) is 0 Å². The standard InChI is InChI=1S/C13H28N2S/c1-6-11-10-15(7-8-16-5)12(9-14-11)13(2,3)4/h11-12,14H,6-10H2,1-5H3. The lowest BCUT2D eigenvalue weighted by Gasteiger charge is -2.46. The van der Waals surface area contributed by atoms with Crippen molar-refractivity contribution in [1.29, 1.82) is 0 Å². The highest BCUT2D eigenvalue weighted by atomic mass is 32.2. The first kappa shape index (κ1) is 14.3. The highest BCUT2D eigenvalue weighted by Crippen LogP contribution is 2.26. The van der Waals surface area contributed by atoms with Crippen LogP contribution in [0.4, 0.5) is 0 Å². The molecule has 0 spiro atoms. The molecule has 0 radical (unpaired) electrons. The molecular formula is C13H28N2S.